The molecule has 0 spiro atoms. The molecule has 3 rings (SSSR count). The van der Waals surface area contributed by atoms with Gasteiger partial charge in [-0.3, -0.25) is 9.59 Å². The van der Waals surface area contributed by atoms with E-state index in [1.165, 1.54) is 0 Å². The third kappa shape index (κ3) is 5.12. The Hall–Kier alpha value is -1.73. The minimum atomic E-state index is -0.0186. The van der Waals surface area contributed by atoms with Gasteiger partial charge in [-0.1, -0.05) is 0 Å². The van der Waals surface area contributed by atoms with Crippen molar-refractivity contribution in [1.29, 1.82) is 0 Å². The van der Waals surface area contributed by atoms with Gasteiger partial charge in [0.15, 0.2) is 0 Å². The van der Waals surface area contributed by atoms with Crippen LogP contribution in [0.15, 0.2) is 16.9 Å². The van der Waals surface area contributed by atoms with Gasteiger partial charge in [-0.2, -0.15) is 5.10 Å². The molecule has 1 aromatic rings. The summed E-state index contributed by atoms with van der Waals surface area (Å²) in [4.78, 5) is 28.2. The highest BCUT2D eigenvalue weighted by Gasteiger charge is 2.22. The molecule has 0 N–H and O–H groups in total. The van der Waals surface area contributed by atoms with E-state index in [4.69, 9.17) is 4.74 Å². The predicted molar refractivity (Wildman–Crippen MR) is 94.4 cm³/mol. The van der Waals surface area contributed by atoms with Gasteiger partial charge in [0.25, 0.3) is 5.56 Å². The van der Waals surface area contributed by atoms with Gasteiger partial charge in [-0.05, 0) is 51.3 Å². The summed E-state index contributed by atoms with van der Waals surface area (Å²) < 4.78 is 6.88. The largest absolute Gasteiger partial charge is 0.372 e. The first-order chi connectivity index (χ1) is 12.1. The molecule has 2 saturated heterocycles. The van der Waals surface area contributed by atoms with Crippen molar-refractivity contribution in [1.82, 2.24) is 19.6 Å². The number of aromatic nitrogens is 2. The van der Waals surface area contributed by atoms with E-state index in [1.54, 1.807) is 16.8 Å². The number of aryl methyl sites for hydroxylation is 1. The first-order valence-electron chi connectivity index (χ1n) is 9.24. The zero-order valence-electron chi connectivity index (χ0n) is 15.0. The average Bonchev–Trinajstić information content (AvgIpc) is 2.82. The summed E-state index contributed by atoms with van der Waals surface area (Å²) in [6, 6.07) is 3.36. The second-order valence-corrected chi connectivity index (χ2v) is 7.07. The van der Waals surface area contributed by atoms with Crippen LogP contribution in [0.2, 0.25) is 0 Å². The molecule has 1 amide bonds. The number of nitrogens with zero attached hydrogens (tertiary/aromatic N) is 4. The summed E-state index contributed by atoms with van der Waals surface area (Å²) in [5, 5.41) is 4.34. The second-order valence-electron chi connectivity index (χ2n) is 7.07. The molecule has 1 aromatic heterocycles. The van der Waals surface area contributed by atoms with Crippen LogP contribution in [0.5, 0.6) is 0 Å². The average molecular weight is 348 g/mol. The molecule has 138 valence electrons. The molecule has 0 radical (unpaired) electrons. The van der Waals surface area contributed by atoms with Crippen molar-refractivity contribution in [2.75, 3.05) is 45.9 Å². The van der Waals surface area contributed by atoms with Crippen molar-refractivity contribution < 1.29 is 9.53 Å². The van der Waals surface area contributed by atoms with E-state index in [0.717, 1.165) is 57.7 Å². The van der Waals surface area contributed by atoms with Crippen molar-refractivity contribution in [2.45, 2.75) is 32.7 Å². The second kappa shape index (κ2) is 8.58. The van der Waals surface area contributed by atoms with Gasteiger partial charge in [0.1, 0.15) is 6.61 Å². The number of hydrogen-bond acceptors (Lipinski definition) is 5. The Morgan fingerprint density at radius 1 is 1.16 bits per heavy atom. The molecule has 7 heteroatoms. The maximum atomic E-state index is 11.9. The Morgan fingerprint density at radius 3 is 2.76 bits per heavy atom. The number of rotatable bonds is 5. The quantitative estimate of drug-likeness (QED) is 0.776. The number of likely N-dealkylation sites (tertiary alicyclic amines) is 1. The van der Waals surface area contributed by atoms with Gasteiger partial charge < -0.3 is 14.5 Å². The van der Waals surface area contributed by atoms with Crippen LogP contribution in [0.3, 0.4) is 0 Å². The van der Waals surface area contributed by atoms with E-state index in [1.807, 2.05) is 11.8 Å². The predicted octanol–water partition coefficient (Wildman–Crippen LogP) is 0.513. The Kier molecular flexibility index (Phi) is 6.20. The third-order valence-electron chi connectivity index (χ3n) is 5.12. The van der Waals surface area contributed by atoms with E-state index < -0.39 is 0 Å². The van der Waals surface area contributed by atoms with E-state index in [0.29, 0.717) is 19.1 Å². The Morgan fingerprint density at radius 2 is 1.96 bits per heavy atom. The van der Waals surface area contributed by atoms with E-state index in [2.05, 4.69) is 10.00 Å². The first kappa shape index (κ1) is 18.1. The number of ether oxygens (including phenoxy) is 1. The summed E-state index contributed by atoms with van der Waals surface area (Å²) in [5.41, 5.74) is 0.859. The van der Waals surface area contributed by atoms with Crippen molar-refractivity contribution in [3.8, 4) is 0 Å². The van der Waals surface area contributed by atoms with Gasteiger partial charge in [-0.15, -0.1) is 0 Å². The van der Waals surface area contributed by atoms with Gasteiger partial charge in [0.05, 0.1) is 5.69 Å². The summed E-state index contributed by atoms with van der Waals surface area (Å²) in [6.07, 6.45) is 3.06. The minimum Gasteiger partial charge on any atom is -0.372 e. The highest BCUT2D eigenvalue weighted by atomic mass is 16.5. The van der Waals surface area contributed by atoms with Crippen molar-refractivity contribution in [2.24, 2.45) is 5.92 Å². The van der Waals surface area contributed by atoms with E-state index in [-0.39, 0.29) is 18.1 Å². The minimum absolute atomic E-state index is 0.0186. The Labute approximate surface area is 148 Å². The fraction of sp³-hybridized carbons (Fsp3) is 0.722. The number of amides is 1. The molecule has 2 aliphatic rings. The van der Waals surface area contributed by atoms with Crippen LogP contribution in [0.25, 0.3) is 0 Å². The smallest absolute Gasteiger partial charge is 0.266 e. The van der Waals surface area contributed by atoms with Gasteiger partial charge in [0.2, 0.25) is 5.91 Å². The van der Waals surface area contributed by atoms with Crippen LogP contribution < -0.4 is 5.56 Å². The number of carbonyl (C=O) groups is 1. The maximum Gasteiger partial charge on any atom is 0.266 e. The molecule has 2 aliphatic heterocycles. The first-order valence-corrected chi connectivity index (χ1v) is 9.24. The molecular formula is C18H28N4O3. The number of carbonyl (C=O) groups excluding carboxylic acids is 1. The lowest BCUT2D eigenvalue weighted by molar-refractivity contribution is -0.134. The molecule has 0 unspecified atom stereocenters. The van der Waals surface area contributed by atoms with Crippen molar-refractivity contribution in [3.05, 3.63) is 28.2 Å². The summed E-state index contributed by atoms with van der Waals surface area (Å²) in [5.74, 6) is 0.605. The molecule has 7 nitrogen and oxygen atoms in total. The lowest BCUT2D eigenvalue weighted by atomic mass is 9.97. The van der Waals surface area contributed by atoms with Gasteiger partial charge >= 0.3 is 0 Å². The lowest BCUT2D eigenvalue weighted by Crippen LogP contribution is -2.43. The van der Waals surface area contributed by atoms with Gasteiger partial charge in [-0.25, -0.2) is 4.68 Å². The van der Waals surface area contributed by atoms with Crippen LogP contribution in [0.1, 0.15) is 25.0 Å². The zero-order valence-corrected chi connectivity index (χ0v) is 15.0. The molecule has 3 heterocycles. The van der Waals surface area contributed by atoms with Crippen LogP contribution in [-0.2, 0) is 16.1 Å². The fourth-order valence-corrected chi connectivity index (χ4v) is 3.55. The van der Waals surface area contributed by atoms with Crippen molar-refractivity contribution >= 4 is 5.91 Å². The molecule has 0 aliphatic carbocycles. The van der Waals surface area contributed by atoms with E-state index in [9.17, 15) is 9.59 Å². The Bertz CT molecular complexity index is 637. The Balaban J connectivity index is 1.43. The highest BCUT2D eigenvalue weighted by Crippen LogP contribution is 2.18. The molecule has 0 saturated carbocycles. The highest BCUT2D eigenvalue weighted by molar-refractivity contribution is 5.77. The number of piperidine rings is 1. The monoisotopic (exact) mass is 348 g/mol. The van der Waals surface area contributed by atoms with Crippen LogP contribution in [0.4, 0.5) is 0 Å². The standard InChI is InChI=1S/C18H28N4O3/c1-15-3-4-17(23)22(19-15)13-16-5-8-20(9-6-16)10-11-21-7-2-12-25-14-18(21)24/h3-4,16H,2,5-14H2,1H3. The topological polar surface area (TPSA) is 67.7 Å². The maximum absolute atomic E-state index is 11.9. The summed E-state index contributed by atoms with van der Waals surface area (Å²) >= 11 is 0. The van der Waals surface area contributed by atoms with Crippen LogP contribution in [-0.4, -0.2) is 71.4 Å². The lowest BCUT2D eigenvalue weighted by Gasteiger charge is -2.33. The van der Waals surface area contributed by atoms with Crippen LogP contribution in [0, 0.1) is 12.8 Å². The number of hydrogen-bond donors (Lipinski definition) is 0. The van der Waals surface area contributed by atoms with E-state index >= 15 is 0 Å². The summed E-state index contributed by atoms with van der Waals surface area (Å²) in [6.45, 7) is 8.06. The zero-order chi connectivity index (χ0) is 17.6. The third-order valence-corrected chi connectivity index (χ3v) is 5.12. The molecule has 0 bridgehead atoms. The van der Waals surface area contributed by atoms with Crippen LogP contribution >= 0.6 is 0 Å². The van der Waals surface area contributed by atoms with Gasteiger partial charge in [0, 0.05) is 38.9 Å². The normalized spacial score (nSPS) is 20.7. The summed E-state index contributed by atoms with van der Waals surface area (Å²) in [7, 11) is 0. The van der Waals surface area contributed by atoms with Crippen molar-refractivity contribution in [3.63, 3.8) is 0 Å². The molecule has 0 aromatic carbocycles. The molecule has 0 atom stereocenters. The SMILES string of the molecule is Cc1ccc(=O)n(CC2CCN(CCN3CCCOCC3=O)CC2)n1. The molecule has 2 fully saturated rings. The molecular weight excluding hydrogens is 320 g/mol. The molecule has 25 heavy (non-hydrogen) atoms. The fourth-order valence-electron chi connectivity index (χ4n) is 3.55.